The fourth-order valence-electron chi connectivity index (χ4n) is 1.87. The van der Waals surface area contributed by atoms with Crippen LogP contribution < -0.4 is 10.7 Å². The summed E-state index contributed by atoms with van der Waals surface area (Å²) in [4.78, 5) is 32.7. The summed E-state index contributed by atoms with van der Waals surface area (Å²) in [6.45, 7) is 2.08. The van der Waals surface area contributed by atoms with Crippen LogP contribution in [0.3, 0.4) is 0 Å². The van der Waals surface area contributed by atoms with Crippen LogP contribution in [-0.4, -0.2) is 59.1 Å². The molecule has 1 aliphatic rings. The fraction of sp³-hybridized carbons (Fsp3) is 0.417. The molecule has 124 valence electrons. The summed E-state index contributed by atoms with van der Waals surface area (Å²) in [6, 6.07) is -1.16. The van der Waals surface area contributed by atoms with Crippen molar-refractivity contribution in [3.8, 4) is 0 Å². The average molecular weight is 323 g/mol. The minimum Gasteiger partial charge on any atom is -0.480 e. The van der Waals surface area contributed by atoms with Crippen LogP contribution in [0.1, 0.15) is 18.3 Å². The van der Waals surface area contributed by atoms with Gasteiger partial charge < -0.3 is 15.2 Å². The van der Waals surface area contributed by atoms with Crippen LogP contribution in [0.25, 0.3) is 0 Å². The molecule has 3 rings (SSSR count). The van der Waals surface area contributed by atoms with Crippen molar-refractivity contribution in [2.75, 3.05) is 5.43 Å². The molecule has 0 spiro atoms. The summed E-state index contributed by atoms with van der Waals surface area (Å²) < 4.78 is 0. The maximum absolute atomic E-state index is 10.6. The average Bonchev–Trinajstić information content (AvgIpc) is 3.17. The molecule has 0 bridgehead atoms. The lowest BCUT2D eigenvalue weighted by Gasteiger charge is -2.18. The number of carboxylic acid groups (broad SMARTS) is 2. The van der Waals surface area contributed by atoms with Crippen LogP contribution in [0.2, 0.25) is 0 Å². The van der Waals surface area contributed by atoms with Gasteiger partial charge in [0.25, 0.3) is 0 Å². The number of rotatable bonds is 4. The van der Waals surface area contributed by atoms with E-state index >= 15 is 0 Å². The molecule has 0 aliphatic carbocycles. The van der Waals surface area contributed by atoms with Gasteiger partial charge >= 0.3 is 11.9 Å². The second-order valence-electron chi connectivity index (χ2n) is 4.83. The van der Waals surface area contributed by atoms with Crippen molar-refractivity contribution in [3.05, 3.63) is 30.4 Å². The number of carboxylic acids is 2. The molecule has 5 N–H and O–H groups in total. The van der Waals surface area contributed by atoms with E-state index in [1.54, 1.807) is 6.33 Å². The van der Waals surface area contributed by atoms with E-state index in [9.17, 15) is 9.59 Å². The zero-order valence-electron chi connectivity index (χ0n) is 12.3. The number of imidazole rings is 1. The zero-order valence-corrected chi connectivity index (χ0v) is 12.3. The third-order valence-electron chi connectivity index (χ3n) is 3.14. The fourth-order valence-corrected chi connectivity index (χ4v) is 1.87. The van der Waals surface area contributed by atoms with Crippen LogP contribution in [0.15, 0.2) is 19.0 Å². The molecule has 23 heavy (non-hydrogen) atoms. The summed E-state index contributed by atoms with van der Waals surface area (Å²) in [7, 11) is 0. The molecular weight excluding hydrogens is 306 g/mol. The Morgan fingerprint density at radius 3 is 2.87 bits per heavy atom. The summed E-state index contributed by atoms with van der Waals surface area (Å²) in [5, 5.41) is 23.7. The Hall–Kier alpha value is -2.95. The van der Waals surface area contributed by atoms with E-state index in [4.69, 9.17) is 10.2 Å². The highest BCUT2D eigenvalue weighted by molar-refractivity contribution is 5.74. The van der Waals surface area contributed by atoms with Crippen molar-refractivity contribution in [1.82, 2.24) is 30.2 Å². The van der Waals surface area contributed by atoms with Crippen molar-refractivity contribution in [2.24, 2.45) is 0 Å². The van der Waals surface area contributed by atoms with E-state index in [0.717, 1.165) is 11.4 Å². The van der Waals surface area contributed by atoms with E-state index < -0.39 is 24.0 Å². The van der Waals surface area contributed by atoms with Crippen LogP contribution in [-0.2, 0) is 22.6 Å². The lowest BCUT2D eigenvalue weighted by atomic mass is 10.1. The first-order valence-electron chi connectivity index (χ1n) is 6.78. The Kier molecular flexibility index (Phi) is 5.25. The summed E-state index contributed by atoms with van der Waals surface area (Å²) in [5.41, 5.74) is 4.42. The molecule has 2 aromatic heterocycles. The van der Waals surface area contributed by atoms with Gasteiger partial charge in [0, 0.05) is 13.0 Å². The first-order valence-corrected chi connectivity index (χ1v) is 6.78. The van der Waals surface area contributed by atoms with Gasteiger partial charge in [-0.05, 0) is 6.92 Å². The van der Waals surface area contributed by atoms with Crippen molar-refractivity contribution in [2.45, 2.75) is 32.0 Å². The number of aromatic nitrogens is 5. The third kappa shape index (κ3) is 4.51. The Labute approximate surface area is 130 Å². The summed E-state index contributed by atoms with van der Waals surface area (Å²) >= 11 is 0. The Morgan fingerprint density at radius 2 is 2.26 bits per heavy atom. The first-order chi connectivity index (χ1) is 11.0. The van der Waals surface area contributed by atoms with E-state index in [1.165, 1.54) is 24.4 Å². The van der Waals surface area contributed by atoms with Gasteiger partial charge in [0.05, 0.1) is 17.7 Å². The molecule has 11 heteroatoms. The van der Waals surface area contributed by atoms with Gasteiger partial charge in [-0.2, -0.15) is 4.79 Å². The number of carbonyl (C=O) groups is 2. The Balaban J connectivity index is 0.000000168. The summed E-state index contributed by atoms with van der Waals surface area (Å²) in [6.07, 6.45) is 4.77. The normalized spacial score (nSPS) is 17.3. The van der Waals surface area contributed by atoms with Crippen LogP contribution in [0.5, 0.6) is 0 Å². The number of nitrogens with one attached hydrogen (secondary N) is 3. The molecule has 1 unspecified atom stereocenters. The molecule has 2 atom stereocenters. The van der Waals surface area contributed by atoms with Crippen molar-refractivity contribution in [3.63, 3.8) is 0 Å². The van der Waals surface area contributed by atoms with Gasteiger partial charge in [-0.25, -0.2) is 14.8 Å². The van der Waals surface area contributed by atoms with Gasteiger partial charge in [0.15, 0.2) is 0 Å². The van der Waals surface area contributed by atoms with E-state index in [2.05, 4.69) is 30.8 Å². The molecule has 0 saturated heterocycles. The molecular formula is C12H17N7O4. The molecule has 0 radical (unpaired) electrons. The molecule has 0 amide bonds. The van der Waals surface area contributed by atoms with Gasteiger partial charge in [-0.15, -0.1) is 5.10 Å². The zero-order chi connectivity index (χ0) is 16.8. The van der Waals surface area contributed by atoms with Crippen LogP contribution >= 0.6 is 0 Å². The minimum absolute atomic E-state index is 0.466. The predicted molar refractivity (Wildman–Crippen MR) is 77.0 cm³/mol. The number of nitrogens with zero attached hydrogens (tertiary/aromatic N) is 4. The molecule has 3 heterocycles. The SMILES string of the molecule is C[C@H](Nn1cncn1)C(=O)O.O=C(O)C1Cc2nc[nH]c2CN1. The predicted octanol–water partition coefficient (Wildman–Crippen LogP) is -1.20. The van der Waals surface area contributed by atoms with Gasteiger partial charge in [-0.3, -0.25) is 15.5 Å². The maximum atomic E-state index is 10.6. The number of fused-ring (bicyclic) bond motifs is 1. The highest BCUT2D eigenvalue weighted by Crippen LogP contribution is 2.11. The Bertz CT molecular complexity index is 654. The highest BCUT2D eigenvalue weighted by Gasteiger charge is 2.24. The van der Waals surface area contributed by atoms with Gasteiger partial charge in [0.2, 0.25) is 0 Å². The monoisotopic (exact) mass is 323 g/mol. The number of hydrogen-bond acceptors (Lipinski definition) is 7. The molecule has 2 aromatic rings. The topological polar surface area (TPSA) is 158 Å². The lowest BCUT2D eigenvalue weighted by Crippen LogP contribution is -2.41. The number of H-pyrrole nitrogens is 1. The standard InChI is InChI=1S/C7H9N3O2.C5H8N4O2/c11-7(12)5-1-4-6(2-8-5)10-3-9-4;1-4(5(10)11)8-9-3-6-2-7-9/h3,5,8H,1-2H2,(H,9,10)(H,11,12);2-4,8H,1H3,(H,10,11)/t;4-/m.0/s1. The van der Waals surface area contributed by atoms with Crippen LogP contribution in [0.4, 0.5) is 0 Å². The molecule has 1 aliphatic heterocycles. The number of aromatic amines is 1. The molecule has 0 saturated carbocycles. The van der Waals surface area contributed by atoms with E-state index in [1.807, 2.05) is 0 Å². The smallest absolute Gasteiger partial charge is 0.327 e. The van der Waals surface area contributed by atoms with Crippen LogP contribution in [0, 0.1) is 0 Å². The van der Waals surface area contributed by atoms with Gasteiger partial charge in [0.1, 0.15) is 24.7 Å². The molecule has 0 aromatic carbocycles. The van der Waals surface area contributed by atoms with Crippen molar-refractivity contribution in [1.29, 1.82) is 0 Å². The second kappa shape index (κ2) is 7.35. The maximum Gasteiger partial charge on any atom is 0.327 e. The second-order valence-corrected chi connectivity index (χ2v) is 4.83. The van der Waals surface area contributed by atoms with E-state index in [-0.39, 0.29) is 0 Å². The van der Waals surface area contributed by atoms with Crippen molar-refractivity contribution < 1.29 is 19.8 Å². The number of aliphatic carboxylic acids is 2. The third-order valence-corrected chi connectivity index (χ3v) is 3.14. The van der Waals surface area contributed by atoms with Crippen molar-refractivity contribution >= 4 is 11.9 Å². The summed E-state index contributed by atoms with van der Waals surface area (Å²) in [5.74, 6) is -1.75. The highest BCUT2D eigenvalue weighted by atomic mass is 16.4. The quantitative estimate of drug-likeness (QED) is 0.466. The molecule has 11 nitrogen and oxygen atoms in total. The Morgan fingerprint density at radius 1 is 1.48 bits per heavy atom. The molecule has 0 fully saturated rings. The minimum atomic E-state index is -0.930. The first kappa shape index (κ1) is 16.4. The van der Waals surface area contributed by atoms with Gasteiger partial charge in [-0.1, -0.05) is 0 Å². The van der Waals surface area contributed by atoms with E-state index in [0.29, 0.717) is 13.0 Å². The lowest BCUT2D eigenvalue weighted by molar-refractivity contribution is -0.140. The largest absolute Gasteiger partial charge is 0.480 e. The number of hydrogen-bond donors (Lipinski definition) is 5.